The Kier molecular flexibility index (Phi) is 5.11. The quantitative estimate of drug-likeness (QED) is 0.385. The highest BCUT2D eigenvalue weighted by molar-refractivity contribution is 7.76. The summed E-state index contributed by atoms with van der Waals surface area (Å²) in [6, 6.07) is 0. The van der Waals surface area contributed by atoms with Gasteiger partial charge in [-0.3, -0.25) is 0 Å². The molecule has 0 amide bonds. The van der Waals surface area contributed by atoms with Crippen LogP contribution in [0.1, 0.15) is 27.7 Å². The average Bonchev–Trinajstić information content (AvgIpc) is 2.03. The third-order valence-corrected chi connectivity index (χ3v) is 7.58. The zero-order valence-corrected chi connectivity index (χ0v) is 9.90. The number of rotatable bonds is 4. The molecule has 0 aliphatic rings. The van der Waals surface area contributed by atoms with Gasteiger partial charge in [-0.05, 0) is 29.8 Å². The van der Waals surface area contributed by atoms with E-state index in [2.05, 4.69) is 39.7 Å². The number of hydrogen-bond donors (Lipinski definition) is 0. The molecule has 0 N–H and O–H groups in total. The topological polar surface area (TPSA) is 17.1 Å². The Morgan fingerprint density at radius 2 is 1.77 bits per heavy atom. The van der Waals surface area contributed by atoms with Crippen molar-refractivity contribution in [1.29, 1.82) is 0 Å². The normalized spacial score (nSPS) is 11.2. The van der Waals surface area contributed by atoms with Gasteiger partial charge in [0.15, 0.2) is 5.94 Å². The van der Waals surface area contributed by atoms with Crippen molar-refractivity contribution < 1.29 is 4.79 Å². The van der Waals surface area contributed by atoms with E-state index in [4.69, 9.17) is 0 Å². The molecule has 0 aromatic carbocycles. The lowest BCUT2D eigenvalue weighted by Gasteiger charge is -2.29. The minimum atomic E-state index is -1.43. The molecular weight excluding hydrogens is 179 g/mol. The van der Waals surface area contributed by atoms with Crippen LogP contribution < -0.4 is 0 Å². The summed E-state index contributed by atoms with van der Waals surface area (Å²) >= 11 is 0. The first-order chi connectivity index (χ1) is 6.01. The zero-order chi connectivity index (χ0) is 10.5. The van der Waals surface area contributed by atoms with E-state index >= 15 is 0 Å². The maximum absolute atomic E-state index is 10.5. The Morgan fingerprint density at radius 1 is 1.31 bits per heavy atom. The third kappa shape index (κ3) is 2.75. The predicted molar refractivity (Wildman–Crippen MR) is 63.0 cm³/mol. The molecule has 0 bridgehead atoms. The van der Waals surface area contributed by atoms with Crippen molar-refractivity contribution >= 4 is 18.3 Å². The first kappa shape index (κ1) is 12.5. The molecule has 0 heterocycles. The third-order valence-electron chi connectivity index (χ3n) is 2.53. The highest BCUT2D eigenvalue weighted by Crippen LogP contribution is 2.54. The SMILES string of the molecule is C=CCP(=C=C=O)(C(C)C)C(C)C. The summed E-state index contributed by atoms with van der Waals surface area (Å²) in [6.07, 6.45) is 2.80. The van der Waals surface area contributed by atoms with Crippen molar-refractivity contribution in [3.8, 4) is 0 Å². The molecule has 2 heteroatoms. The molecule has 0 saturated carbocycles. The molecule has 0 aliphatic carbocycles. The molecule has 13 heavy (non-hydrogen) atoms. The number of hydrogen-bond acceptors (Lipinski definition) is 1. The molecule has 0 fully saturated rings. The van der Waals surface area contributed by atoms with E-state index in [1.54, 1.807) is 0 Å². The van der Waals surface area contributed by atoms with Crippen LogP contribution in [-0.2, 0) is 4.79 Å². The van der Waals surface area contributed by atoms with Gasteiger partial charge in [-0.1, -0.05) is 33.8 Å². The van der Waals surface area contributed by atoms with Gasteiger partial charge in [0, 0.05) is 0 Å². The van der Waals surface area contributed by atoms with Crippen LogP contribution in [0.4, 0.5) is 0 Å². The summed E-state index contributed by atoms with van der Waals surface area (Å²) in [5, 5.41) is 0. The van der Waals surface area contributed by atoms with E-state index in [0.717, 1.165) is 6.16 Å². The van der Waals surface area contributed by atoms with Gasteiger partial charge in [-0.15, -0.1) is 6.58 Å². The molecule has 0 unspecified atom stereocenters. The van der Waals surface area contributed by atoms with Crippen LogP contribution in [0.3, 0.4) is 0 Å². The smallest absolute Gasteiger partial charge is 0.176 e. The molecule has 0 aromatic heterocycles. The van der Waals surface area contributed by atoms with Crippen LogP contribution in [0, 0.1) is 0 Å². The van der Waals surface area contributed by atoms with Gasteiger partial charge < -0.3 is 0 Å². The second kappa shape index (κ2) is 5.30. The summed E-state index contributed by atoms with van der Waals surface area (Å²) in [5.74, 6) is 1.86. The second-order valence-corrected chi connectivity index (χ2v) is 8.32. The molecule has 0 aromatic rings. The van der Waals surface area contributed by atoms with Crippen molar-refractivity contribution in [1.82, 2.24) is 0 Å². The molecule has 0 saturated heterocycles. The minimum Gasteiger partial charge on any atom is -0.224 e. The van der Waals surface area contributed by atoms with Crippen LogP contribution in [0.5, 0.6) is 0 Å². The van der Waals surface area contributed by atoms with Crippen molar-refractivity contribution in [2.45, 2.75) is 39.0 Å². The molecule has 1 nitrogen and oxygen atoms in total. The summed E-state index contributed by atoms with van der Waals surface area (Å²) in [7, 11) is 0. The van der Waals surface area contributed by atoms with Gasteiger partial charge in [-0.25, -0.2) is 4.79 Å². The Bertz CT molecular complexity index is 264. The van der Waals surface area contributed by atoms with Crippen molar-refractivity contribution in [3.63, 3.8) is 0 Å². The molecule has 0 aliphatic heterocycles. The fourth-order valence-electron chi connectivity index (χ4n) is 1.62. The van der Waals surface area contributed by atoms with Crippen molar-refractivity contribution in [3.05, 3.63) is 12.7 Å². The molecule has 0 atom stereocenters. The number of allylic oxidation sites excluding steroid dienone is 1. The summed E-state index contributed by atoms with van der Waals surface area (Å²) in [5.41, 5.74) is 3.92. The standard InChI is InChI=1S/C11H19OP/c1-6-8-13(9-7-12,10(2)3)11(4)5/h6,10-11H,1,8H2,2-5H3. The lowest BCUT2D eigenvalue weighted by atomic mass is 10.5. The van der Waals surface area contributed by atoms with Crippen LogP contribution in [0.25, 0.3) is 0 Å². The Hall–Kier alpha value is -0.470. The zero-order valence-electron chi connectivity index (χ0n) is 9.00. The van der Waals surface area contributed by atoms with Crippen LogP contribution in [0.15, 0.2) is 12.7 Å². The van der Waals surface area contributed by atoms with E-state index in [-0.39, 0.29) is 0 Å². The van der Waals surface area contributed by atoms with Gasteiger partial charge in [0.2, 0.25) is 0 Å². The van der Waals surface area contributed by atoms with E-state index in [1.165, 1.54) is 0 Å². The minimum absolute atomic E-state index is 0.493. The summed E-state index contributed by atoms with van der Waals surface area (Å²) < 4.78 is 0. The monoisotopic (exact) mass is 198 g/mol. The molecule has 0 radical (unpaired) electrons. The Balaban J connectivity index is 5.46. The number of carbonyl (C=O) groups excluding carboxylic acids is 1. The van der Waals surface area contributed by atoms with Crippen molar-refractivity contribution in [2.24, 2.45) is 0 Å². The lowest BCUT2D eigenvalue weighted by molar-refractivity contribution is 0.571. The first-order valence-electron chi connectivity index (χ1n) is 4.64. The van der Waals surface area contributed by atoms with E-state index < -0.39 is 6.89 Å². The highest BCUT2D eigenvalue weighted by Gasteiger charge is 2.24. The van der Waals surface area contributed by atoms with Gasteiger partial charge in [0.25, 0.3) is 0 Å². The maximum atomic E-state index is 10.5. The fourth-order valence-corrected chi connectivity index (χ4v) is 4.86. The summed E-state index contributed by atoms with van der Waals surface area (Å²) in [4.78, 5) is 10.5. The van der Waals surface area contributed by atoms with Crippen LogP contribution in [0.2, 0.25) is 0 Å². The van der Waals surface area contributed by atoms with Crippen LogP contribution in [-0.4, -0.2) is 28.9 Å². The fraction of sp³-hybridized carbons (Fsp3) is 0.636. The Morgan fingerprint density at radius 3 is 2.00 bits per heavy atom. The van der Waals surface area contributed by atoms with Crippen molar-refractivity contribution in [2.75, 3.05) is 6.16 Å². The molecule has 0 rings (SSSR count). The van der Waals surface area contributed by atoms with Gasteiger partial charge in [-0.2, -0.15) is 0 Å². The van der Waals surface area contributed by atoms with Gasteiger partial charge >= 0.3 is 0 Å². The molecule has 0 spiro atoms. The van der Waals surface area contributed by atoms with Crippen LogP contribution >= 0.6 is 6.89 Å². The predicted octanol–water partition coefficient (Wildman–Crippen LogP) is 2.80. The van der Waals surface area contributed by atoms with Gasteiger partial charge in [0.1, 0.15) is 0 Å². The molecular formula is C11H19OP. The van der Waals surface area contributed by atoms with E-state index in [1.807, 2.05) is 12.0 Å². The highest BCUT2D eigenvalue weighted by atomic mass is 31.2. The Labute approximate surface area is 81.5 Å². The average molecular weight is 198 g/mol. The summed E-state index contributed by atoms with van der Waals surface area (Å²) in [6.45, 7) is 10.9. The van der Waals surface area contributed by atoms with Gasteiger partial charge in [0.05, 0.1) is 0 Å². The van der Waals surface area contributed by atoms with E-state index in [9.17, 15) is 4.79 Å². The lowest BCUT2D eigenvalue weighted by Crippen LogP contribution is -2.12. The first-order valence-corrected chi connectivity index (χ1v) is 6.75. The molecule has 74 valence electrons. The largest absolute Gasteiger partial charge is 0.224 e. The van der Waals surface area contributed by atoms with E-state index in [0.29, 0.717) is 11.3 Å². The second-order valence-electron chi connectivity index (χ2n) is 3.80. The maximum Gasteiger partial charge on any atom is 0.176 e.